The Bertz CT molecular complexity index is 583. The van der Waals surface area contributed by atoms with Gasteiger partial charge >= 0.3 is 0 Å². The fourth-order valence-corrected chi connectivity index (χ4v) is 1.87. The van der Waals surface area contributed by atoms with E-state index >= 15 is 0 Å². The monoisotopic (exact) mass is 256 g/mol. The predicted octanol–water partition coefficient (Wildman–Crippen LogP) is 1.40. The number of aromatic nitrogens is 1. The topological polar surface area (TPSA) is 85.2 Å². The number of anilines is 2. The molecule has 0 atom stereocenters. The molecule has 0 spiro atoms. The zero-order chi connectivity index (χ0) is 13.8. The fraction of sp³-hybridized carbons (Fsp3) is 0.143. The van der Waals surface area contributed by atoms with Gasteiger partial charge in [-0.25, -0.2) is 0 Å². The average Bonchev–Trinajstić information content (AvgIpc) is 2.40. The maximum absolute atomic E-state index is 11.2. The first-order chi connectivity index (χ1) is 9.08. The van der Waals surface area contributed by atoms with Gasteiger partial charge in [0, 0.05) is 31.5 Å². The number of hydrogen-bond donors (Lipinski definition) is 2. The third-order valence-electron chi connectivity index (χ3n) is 2.90. The largest absolute Gasteiger partial charge is 0.397 e. The van der Waals surface area contributed by atoms with E-state index in [1.54, 1.807) is 30.6 Å². The second-order valence-corrected chi connectivity index (χ2v) is 4.35. The molecular formula is C14H16N4O. The van der Waals surface area contributed by atoms with Gasteiger partial charge in [-0.2, -0.15) is 0 Å². The van der Waals surface area contributed by atoms with E-state index in [1.807, 2.05) is 24.1 Å². The van der Waals surface area contributed by atoms with Crippen LogP contribution in [0.5, 0.6) is 0 Å². The fourth-order valence-electron chi connectivity index (χ4n) is 1.87. The highest BCUT2D eigenvalue weighted by Crippen LogP contribution is 2.24. The second kappa shape index (κ2) is 5.39. The van der Waals surface area contributed by atoms with Crippen molar-refractivity contribution < 1.29 is 4.79 Å². The number of amides is 1. The molecule has 0 unspecified atom stereocenters. The lowest BCUT2D eigenvalue weighted by molar-refractivity contribution is 0.100. The van der Waals surface area contributed by atoms with Crippen LogP contribution in [0.1, 0.15) is 15.9 Å². The van der Waals surface area contributed by atoms with Gasteiger partial charge in [0.2, 0.25) is 5.91 Å². The average molecular weight is 256 g/mol. The maximum Gasteiger partial charge on any atom is 0.248 e. The Morgan fingerprint density at radius 3 is 2.58 bits per heavy atom. The Labute approximate surface area is 111 Å². The molecule has 0 aliphatic rings. The molecule has 0 aliphatic carbocycles. The lowest BCUT2D eigenvalue weighted by Gasteiger charge is -2.21. The third-order valence-corrected chi connectivity index (χ3v) is 2.90. The van der Waals surface area contributed by atoms with Crippen LogP contribution in [0.4, 0.5) is 11.4 Å². The molecule has 2 rings (SSSR count). The highest BCUT2D eigenvalue weighted by molar-refractivity contribution is 5.95. The van der Waals surface area contributed by atoms with Crippen LogP contribution in [0.2, 0.25) is 0 Å². The highest BCUT2D eigenvalue weighted by atomic mass is 16.1. The molecule has 0 fully saturated rings. The first-order valence-corrected chi connectivity index (χ1v) is 5.87. The summed E-state index contributed by atoms with van der Waals surface area (Å²) in [6.07, 6.45) is 3.48. The number of pyridine rings is 1. The molecule has 1 aromatic carbocycles. The Morgan fingerprint density at radius 2 is 1.95 bits per heavy atom. The smallest absolute Gasteiger partial charge is 0.248 e. The molecule has 1 amide bonds. The summed E-state index contributed by atoms with van der Waals surface area (Å²) in [5.41, 5.74) is 14.2. The first-order valence-electron chi connectivity index (χ1n) is 5.87. The zero-order valence-electron chi connectivity index (χ0n) is 10.7. The molecular weight excluding hydrogens is 240 g/mol. The van der Waals surface area contributed by atoms with Crippen molar-refractivity contribution in [3.8, 4) is 0 Å². The van der Waals surface area contributed by atoms with Gasteiger partial charge in [-0.3, -0.25) is 9.78 Å². The van der Waals surface area contributed by atoms with Gasteiger partial charge in [-0.1, -0.05) is 0 Å². The summed E-state index contributed by atoms with van der Waals surface area (Å²) in [7, 11) is 1.91. The van der Waals surface area contributed by atoms with E-state index in [9.17, 15) is 4.79 Å². The Kier molecular flexibility index (Phi) is 3.66. The molecule has 0 radical (unpaired) electrons. The van der Waals surface area contributed by atoms with E-state index in [1.165, 1.54) is 0 Å². The van der Waals surface area contributed by atoms with E-state index in [0.29, 0.717) is 17.8 Å². The predicted molar refractivity (Wildman–Crippen MR) is 75.7 cm³/mol. The first kappa shape index (κ1) is 12.9. The van der Waals surface area contributed by atoms with Crippen LogP contribution in [0.15, 0.2) is 42.7 Å². The molecule has 1 aromatic heterocycles. The number of nitrogens with zero attached hydrogens (tertiary/aromatic N) is 2. The van der Waals surface area contributed by atoms with Gasteiger partial charge in [-0.15, -0.1) is 0 Å². The molecule has 0 saturated carbocycles. The van der Waals surface area contributed by atoms with Gasteiger partial charge in [0.15, 0.2) is 0 Å². The van der Waals surface area contributed by atoms with Crippen LogP contribution >= 0.6 is 0 Å². The summed E-state index contributed by atoms with van der Waals surface area (Å²) in [6.45, 7) is 0.676. The van der Waals surface area contributed by atoms with Crippen LogP contribution in [0, 0.1) is 0 Å². The molecule has 19 heavy (non-hydrogen) atoms. The zero-order valence-corrected chi connectivity index (χ0v) is 10.7. The maximum atomic E-state index is 11.2. The standard InChI is InChI=1S/C14H16N4O/c1-18(9-10-4-6-17-7-5-10)13-8-11(14(16)19)2-3-12(13)15/h2-8H,9,15H2,1H3,(H2,16,19). The molecule has 1 heterocycles. The SMILES string of the molecule is CN(Cc1ccncc1)c1cc(C(N)=O)ccc1N. The number of carbonyl (C=O) groups is 1. The van der Waals surface area contributed by atoms with E-state index < -0.39 is 5.91 Å². The van der Waals surface area contributed by atoms with Gasteiger partial charge < -0.3 is 16.4 Å². The summed E-state index contributed by atoms with van der Waals surface area (Å²) < 4.78 is 0. The minimum atomic E-state index is -0.460. The van der Waals surface area contributed by atoms with E-state index in [0.717, 1.165) is 11.3 Å². The van der Waals surface area contributed by atoms with E-state index in [2.05, 4.69) is 4.98 Å². The van der Waals surface area contributed by atoms with Crippen molar-refractivity contribution in [2.75, 3.05) is 17.7 Å². The molecule has 0 saturated heterocycles. The number of benzene rings is 1. The molecule has 2 aromatic rings. The number of carbonyl (C=O) groups excluding carboxylic acids is 1. The van der Waals surface area contributed by atoms with E-state index in [4.69, 9.17) is 11.5 Å². The summed E-state index contributed by atoms with van der Waals surface area (Å²) >= 11 is 0. The van der Waals surface area contributed by atoms with Gasteiger partial charge in [0.05, 0.1) is 11.4 Å². The molecule has 0 aliphatic heterocycles. The number of rotatable bonds is 4. The number of nitrogens with two attached hydrogens (primary N) is 2. The number of primary amides is 1. The lowest BCUT2D eigenvalue weighted by Crippen LogP contribution is -2.19. The molecule has 0 bridgehead atoms. The van der Waals surface area contributed by atoms with Crippen LogP contribution in [0.25, 0.3) is 0 Å². The van der Waals surface area contributed by atoms with Crippen LogP contribution < -0.4 is 16.4 Å². The van der Waals surface area contributed by atoms with Crippen molar-refractivity contribution in [2.24, 2.45) is 5.73 Å². The summed E-state index contributed by atoms with van der Waals surface area (Å²) in [5, 5.41) is 0. The van der Waals surface area contributed by atoms with Gasteiger partial charge in [0.25, 0.3) is 0 Å². The molecule has 5 heteroatoms. The Morgan fingerprint density at radius 1 is 1.26 bits per heavy atom. The summed E-state index contributed by atoms with van der Waals surface area (Å²) in [4.78, 5) is 17.1. The Hall–Kier alpha value is -2.56. The quantitative estimate of drug-likeness (QED) is 0.810. The van der Waals surface area contributed by atoms with Crippen molar-refractivity contribution >= 4 is 17.3 Å². The minimum Gasteiger partial charge on any atom is -0.397 e. The number of nitrogen functional groups attached to an aromatic ring is 1. The summed E-state index contributed by atoms with van der Waals surface area (Å²) in [6, 6.07) is 8.90. The van der Waals surface area contributed by atoms with Gasteiger partial charge in [0.1, 0.15) is 0 Å². The van der Waals surface area contributed by atoms with Gasteiger partial charge in [-0.05, 0) is 35.9 Å². The lowest BCUT2D eigenvalue weighted by atomic mass is 10.1. The highest BCUT2D eigenvalue weighted by Gasteiger charge is 2.09. The van der Waals surface area contributed by atoms with Crippen LogP contribution in [-0.4, -0.2) is 17.9 Å². The van der Waals surface area contributed by atoms with Crippen molar-refractivity contribution in [3.05, 3.63) is 53.9 Å². The van der Waals surface area contributed by atoms with Crippen LogP contribution in [0.3, 0.4) is 0 Å². The second-order valence-electron chi connectivity index (χ2n) is 4.35. The van der Waals surface area contributed by atoms with Crippen molar-refractivity contribution in [1.82, 2.24) is 4.98 Å². The molecule has 5 nitrogen and oxygen atoms in total. The van der Waals surface area contributed by atoms with Crippen LogP contribution in [-0.2, 0) is 6.54 Å². The minimum absolute atomic E-state index is 0.450. The van der Waals surface area contributed by atoms with Crippen molar-refractivity contribution in [1.29, 1.82) is 0 Å². The normalized spacial score (nSPS) is 10.2. The molecule has 98 valence electrons. The van der Waals surface area contributed by atoms with E-state index in [-0.39, 0.29) is 0 Å². The number of hydrogen-bond acceptors (Lipinski definition) is 4. The Balaban J connectivity index is 2.25. The van der Waals surface area contributed by atoms with Crippen molar-refractivity contribution in [2.45, 2.75) is 6.54 Å². The van der Waals surface area contributed by atoms with Crippen molar-refractivity contribution in [3.63, 3.8) is 0 Å². The molecule has 4 N–H and O–H groups in total. The summed E-state index contributed by atoms with van der Waals surface area (Å²) in [5.74, 6) is -0.460. The third kappa shape index (κ3) is 3.01.